The Morgan fingerprint density at radius 3 is 1.35 bits per heavy atom. The molecule has 0 radical (unpaired) electrons. The summed E-state index contributed by atoms with van der Waals surface area (Å²) in [5, 5.41) is 42.6. The number of fused-ring (bicyclic) bond motifs is 2. The van der Waals surface area contributed by atoms with Gasteiger partial charge in [-0.05, 0) is 12.5 Å². The first-order valence-electron chi connectivity index (χ1n) is 15.3. The van der Waals surface area contributed by atoms with Crippen LogP contribution >= 0.6 is 54.8 Å². The van der Waals surface area contributed by atoms with Crippen LogP contribution in [0, 0.1) is 0 Å². The zero-order valence-corrected chi connectivity index (χ0v) is 33.6. The zero-order valence-electron chi connectivity index (χ0n) is 28.4. The predicted molar refractivity (Wildman–Crippen MR) is 180 cm³/mol. The lowest BCUT2D eigenvalue weighted by Gasteiger charge is -2.36. The van der Waals surface area contributed by atoms with Gasteiger partial charge < -0.3 is 70.0 Å². The molecule has 29 nitrogen and oxygen atoms in total. The van der Waals surface area contributed by atoms with E-state index < -0.39 is 93.6 Å². The Hall–Kier alpha value is -2.28. The highest BCUT2D eigenvalue weighted by Crippen LogP contribution is 2.67. The van der Waals surface area contributed by atoms with Crippen molar-refractivity contribution in [2.45, 2.75) is 59.4 Å². The first-order valence-corrected chi connectivity index (χ1v) is 23.6. The number of nitrogens with zero attached hydrogens (tertiary/aromatic N) is 8. The Bertz CT molecular complexity index is 2190. The molecular weight excluding hydrogens is 896 g/mol. The van der Waals surface area contributed by atoms with Crippen molar-refractivity contribution < 1.29 is 89.7 Å². The van der Waals surface area contributed by atoms with Gasteiger partial charge in [-0.15, -0.1) is 0 Å². The van der Waals surface area contributed by atoms with Gasteiger partial charge in [0, 0.05) is 0 Å². The van der Waals surface area contributed by atoms with Crippen molar-refractivity contribution in [3.8, 4) is 0 Å². The Morgan fingerprint density at radius 2 is 1.00 bits per heavy atom. The molecule has 4 aromatic heterocycles. The number of aliphatic hydroxyl groups is 4. The van der Waals surface area contributed by atoms with Crippen LogP contribution in [0.15, 0.2) is 23.0 Å². The summed E-state index contributed by atoms with van der Waals surface area (Å²) in [5.74, 6) is -0.0464. The van der Waals surface area contributed by atoms with E-state index in [1.807, 2.05) is 0 Å². The zero-order chi connectivity index (χ0) is 41.8. The summed E-state index contributed by atoms with van der Waals surface area (Å²) in [6.07, 6.45) is -8.04. The molecule has 57 heavy (non-hydrogen) atoms. The van der Waals surface area contributed by atoms with E-state index in [2.05, 4.69) is 51.9 Å². The molecule has 0 spiro atoms. The monoisotopic (exact) mass is 924 g/mol. The van der Waals surface area contributed by atoms with Crippen LogP contribution < -0.4 is 31.0 Å². The largest absolute Gasteiger partial charge is 0.756 e. The topological polar surface area (TPSA) is 445 Å². The van der Waals surface area contributed by atoms with Gasteiger partial charge in [-0.1, -0.05) is 23.5 Å². The highest BCUT2D eigenvalue weighted by molar-refractivity contribution is 7.98. The summed E-state index contributed by atoms with van der Waals surface area (Å²) in [4.78, 5) is 73.6. The number of rotatable bonds is 16. The lowest BCUT2D eigenvalue weighted by molar-refractivity contribution is -0.255. The summed E-state index contributed by atoms with van der Waals surface area (Å²) in [5.41, 5.74) is 12.1. The van der Waals surface area contributed by atoms with Gasteiger partial charge in [0.05, 0.1) is 25.9 Å². The van der Waals surface area contributed by atoms with Crippen LogP contribution in [0.2, 0.25) is 0 Å². The van der Waals surface area contributed by atoms with E-state index in [0.29, 0.717) is 0 Å². The molecule has 0 aliphatic carbocycles. The predicted octanol–water partition coefficient (Wildman–Crippen LogP) is -3.53. The van der Waals surface area contributed by atoms with Gasteiger partial charge in [-0.3, -0.25) is 27.4 Å². The highest BCUT2D eigenvalue weighted by Gasteiger charge is 2.46. The SMILES string of the molecule is CSc1nc(N)c2ncn([C@@H]3O[C@H](COP(=O)([O-])OP(=O)([O-])OP(=O)([O-])OP(=O)([O-])OC[C@H]4O[C@@H](n5cnc6c(N)nc(SC)nc65)[C@H](O)[C@@H]4O)[C@@H](O)[C@H]3O)c2n1. The van der Waals surface area contributed by atoms with Gasteiger partial charge in [0.2, 0.25) is 0 Å². The van der Waals surface area contributed by atoms with Crippen molar-refractivity contribution in [1.29, 1.82) is 0 Å². The molecule has 4 unspecified atom stereocenters. The lowest BCUT2D eigenvalue weighted by Crippen LogP contribution is -2.34. The first-order chi connectivity index (χ1) is 26.5. The van der Waals surface area contributed by atoms with Crippen LogP contribution in [0.3, 0.4) is 0 Å². The second kappa shape index (κ2) is 16.6. The number of hydrogen-bond donors (Lipinski definition) is 6. The van der Waals surface area contributed by atoms with E-state index in [1.54, 1.807) is 12.5 Å². The number of imidazole rings is 2. The molecule has 4 aromatic rings. The molecule has 316 valence electrons. The molecular formula is C22H28N10O19P4S2-4. The molecule has 35 heteroatoms. The van der Waals surface area contributed by atoms with E-state index >= 15 is 0 Å². The molecule has 2 saturated heterocycles. The maximum Gasteiger partial charge on any atom is 0.280 e. The number of aromatic nitrogens is 8. The second-order valence-corrected chi connectivity index (χ2v) is 19.2. The minimum atomic E-state index is -6.61. The summed E-state index contributed by atoms with van der Waals surface area (Å²) in [6.45, 7) is -2.46. The molecule has 2 aliphatic heterocycles. The van der Waals surface area contributed by atoms with Gasteiger partial charge in [0.1, 0.15) is 47.7 Å². The number of nitrogens with two attached hydrogens (primary N) is 2. The van der Waals surface area contributed by atoms with Gasteiger partial charge >= 0.3 is 0 Å². The molecule has 8 N–H and O–H groups in total. The molecule has 0 bridgehead atoms. The van der Waals surface area contributed by atoms with E-state index in [0.717, 1.165) is 45.3 Å². The maximum absolute atomic E-state index is 12.3. The first kappa shape index (κ1) is 44.3. The van der Waals surface area contributed by atoms with Crippen LogP contribution in [0.25, 0.3) is 22.3 Å². The Balaban J connectivity index is 1.02. The van der Waals surface area contributed by atoms with Crippen LogP contribution in [-0.2, 0) is 49.7 Å². The molecule has 12 atom stereocenters. The van der Waals surface area contributed by atoms with Gasteiger partial charge in [-0.2, -0.15) is 0 Å². The fraction of sp³-hybridized carbons (Fsp3) is 0.545. The Morgan fingerprint density at radius 1 is 0.649 bits per heavy atom. The van der Waals surface area contributed by atoms with Crippen molar-refractivity contribution in [3.63, 3.8) is 0 Å². The average Bonchev–Trinajstić information content (AvgIpc) is 3.86. The highest BCUT2D eigenvalue weighted by atomic mass is 32.2. The molecule has 0 amide bonds. The van der Waals surface area contributed by atoms with Gasteiger partial charge in [-0.25, -0.2) is 42.8 Å². The summed E-state index contributed by atoms with van der Waals surface area (Å²) < 4.78 is 82.0. The summed E-state index contributed by atoms with van der Waals surface area (Å²) in [6, 6.07) is 0. The average molecular weight is 925 g/mol. The van der Waals surface area contributed by atoms with Crippen LogP contribution in [0.5, 0.6) is 0 Å². The molecule has 0 saturated carbocycles. The van der Waals surface area contributed by atoms with Crippen molar-refractivity contribution in [2.24, 2.45) is 0 Å². The minimum Gasteiger partial charge on any atom is -0.756 e. The Labute approximate surface area is 326 Å². The third-order valence-corrected chi connectivity index (χ3v) is 14.7. The number of ether oxygens (including phenoxy) is 2. The number of phosphoric acid groups is 4. The smallest absolute Gasteiger partial charge is 0.280 e. The van der Waals surface area contributed by atoms with Gasteiger partial charge in [0.15, 0.2) is 45.7 Å². The molecule has 2 aliphatic rings. The second-order valence-electron chi connectivity index (χ2n) is 11.6. The Kier molecular flexibility index (Phi) is 12.9. The fourth-order valence-corrected chi connectivity index (χ4v) is 10.8. The number of hydrogen-bond acceptors (Lipinski definition) is 29. The molecule has 6 rings (SSSR count). The number of thioether (sulfide) groups is 2. The van der Waals surface area contributed by atoms with Crippen molar-refractivity contribution in [1.82, 2.24) is 39.0 Å². The van der Waals surface area contributed by atoms with Crippen LogP contribution in [0.4, 0.5) is 11.6 Å². The van der Waals surface area contributed by atoms with E-state index in [1.165, 1.54) is 0 Å². The fourth-order valence-electron chi connectivity index (χ4n) is 5.36. The van der Waals surface area contributed by atoms with Crippen LogP contribution in [-0.4, -0.2) is 122 Å². The number of phosphoric ester groups is 2. The van der Waals surface area contributed by atoms with Crippen molar-refractivity contribution in [2.75, 3.05) is 37.2 Å². The minimum absolute atomic E-state index is 0.0232. The lowest BCUT2D eigenvalue weighted by atomic mass is 10.1. The standard InChI is InChI=1S/C22H32N10O19P4S2/c1-56-21-27-15(23)9-17(29-21)31(5-25-9)19-13(35)11(33)7(47-19)3-45-52(37,38)49-54(41,42)51-55(43,44)50-53(39,40)46-4-8-12(34)14(36)20(48-8)32-6-26-10-16(24)28-22(57-2)30-18(10)32/h5-8,11-14,19-20,33-36H,3-4H2,1-2H3,(H,37,38)(H,39,40)(H,41,42)(H,43,44)(H2,23,27,29)(H2,24,28,30)/p-4/t7-,8-,11-,12-,13-,14-,19-,20-/m1/s1. The third-order valence-electron chi connectivity index (χ3n) is 7.84. The summed E-state index contributed by atoms with van der Waals surface area (Å²) >= 11 is 2.24. The van der Waals surface area contributed by atoms with Gasteiger partial charge in [0.25, 0.3) is 31.3 Å². The molecule has 0 aromatic carbocycles. The van der Waals surface area contributed by atoms with Crippen LogP contribution in [0.1, 0.15) is 12.5 Å². The van der Waals surface area contributed by atoms with E-state index in [4.69, 9.17) is 20.9 Å². The van der Waals surface area contributed by atoms with E-state index in [9.17, 15) is 58.3 Å². The number of nitrogen functional groups attached to an aromatic ring is 2. The third kappa shape index (κ3) is 9.70. The number of anilines is 2. The number of aliphatic hydroxyl groups excluding tert-OH is 4. The maximum atomic E-state index is 12.3. The molecule has 2 fully saturated rings. The molecule has 6 heterocycles. The summed E-state index contributed by atoms with van der Waals surface area (Å²) in [7, 11) is -25.5. The van der Waals surface area contributed by atoms with Crippen molar-refractivity contribution >= 4 is 88.8 Å². The quantitative estimate of drug-likeness (QED) is 0.0360. The van der Waals surface area contributed by atoms with E-state index in [-0.39, 0.29) is 44.3 Å². The normalized spacial score (nSPS) is 29.6. The van der Waals surface area contributed by atoms with Crippen molar-refractivity contribution in [3.05, 3.63) is 12.7 Å².